The molecule has 0 aliphatic heterocycles. The van der Waals surface area contributed by atoms with Crippen LogP contribution in [0.5, 0.6) is 0 Å². The molecule has 66 valence electrons. The monoisotopic (exact) mass is 176 g/mol. The first kappa shape index (κ1) is 8.04. The molecule has 2 rings (SSSR count). The van der Waals surface area contributed by atoms with E-state index in [0.717, 1.165) is 5.69 Å². The number of aldehydes is 1. The molecule has 0 saturated carbocycles. The highest BCUT2D eigenvalue weighted by Crippen LogP contribution is 2.14. The smallest absolute Gasteiger partial charge is 0.170 e. The molecule has 4 heteroatoms. The van der Waals surface area contributed by atoms with E-state index in [2.05, 4.69) is 9.97 Å². The Balaban J connectivity index is 2.43. The minimum atomic E-state index is 0.171. The number of nitrogens with zero attached hydrogens (tertiary/aromatic N) is 2. The first-order valence-electron chi connectivity index (χ1n) is 4.11. The molecular formula is C9H8N2O2. The van der Waals surface area contributed by atoms with Gasteiger partial charge in [0.2, 0.25) is 0 Å². The lowest BCUT2D eigenvalue weighted by Gasteiger charge is -2.11. The summed E-state index contributed by atoms with van der Waals surface area (Å²) in [7, 11) is 0. The van der Waals surface area contributed by atoms with Crippen molar-refractivity contribution >= 4 is 12.1 Å². The molecular weight excluding hydrogens is 168 g/mol. The van der Waals surface area contributed by atoms with E-state index in [1.54, 1.807) is 0 Å². The van der Waals surface area contributed by atoms with E-state index in [1.807, 2.05) is 0 Å². The summed E-state index contributed by atoms with van der Waals surface area (Å²) in [5.74, 6) is 0.171. The highest BCUT2D eigenvalue weighted by atomic mass is 16.1. The van der Waals surface area contributed by atoms with Gasteiger partial charge in [-0.1, -0.05) is 0 Å². The van der Waals surface area contributed by atoms with E-state index in [-0.39, 0.29) is 5.78 Å². The van der Waals surface area contributed by atoms with E-state index in [1.165, 1.54) is 6.20 Å². The Kier molecular flexibility index (Phi) is 1.88. The molecule has 1 heterocycles. The molecule has 0 atom stereocenters. The Morgan fingerprint density at radius 1 is 1.31 bits per heavy atom. The fourth-order valence-corrected chi connectivity index (χ4v) is 1.41. The van der Waals surface area contributed by atoms with Crippen molar-refractivity contribution in [3.8, 4) is 0 Å². The van der Waals surface area contributed by atoms with Crippen LogP contribution in [0.4, 0.5) is 0 Å². The van der Waals surface area contributed by atoms with Crippen molar-refractivity contribution in [2.45, 2.75) is 19.3 Å². The van der Waals surface area contributed by atoms with Crippen molar-refractivity contribution in [3.63, 3.8) is 0 Å². The number of hydrogen-bond acceptors (Lipinski definition) is 4. The lowest BCUT2D eigenvalue weighted by atomic mass is 9.99. The zero-order chi connectivity index (χ0) is 9.26. The Labute approximate surface area is 75.0 Å². The number of Topliss-reactive ketones (excluding diaryl/α,β-unsaturated/α-hetero) is 1. The summed E-state index contributed by atoms with van der Waals surface area (Å²) in [4.78, 5) is 29.6. The number of hydrogen-bond donors (Lipinski definition) is 0. The third kappa shape index (κ3) is 1.47. The Morgan fingerprint density at radius 2 is 2.15 bits per heavy atom. The maximum atomic E-state index is 11.1. The second kappa shape index (κ2) is 3.05. The fourth-order valence-electron chi connectivity index (χ4n) is 1.41. The van der Waals surface area contributed by atoms with Crippen molar-refractivity contribution in [3.05, 3.63) is 23.3 Å². The largest absolute Gasteiger partial charge is 0.299 e. The summed E-state index contributed by atoms with van der Waals surface area (Å²) in [5, 5.41) is 0. The quantitative estimate of drug-likeness (QED) is 0.579. The van der Waals surface area contributed by atoms with Crippen LogP contribution in [0.2, 0.25) is 0 Å². The summed E-state index contributed by atoms with van der Waals surface area (Å²) < 4.78 is 0. The topological polar surface area (TPSA) is 59.9 Å². The van der Waals surface area contributed by atoms with Gasteiger partial charge in [-0.3, -0.25) is 14.6 Å². The lowest BCUT2D eigenvalue weighted by Crippen LogP contribution is -2.17. The molecule has 0 N–H and O–H groups in total. The van der Waals surface area contributed by atoms with Crippen LogP contribution in [-0.2, 0) is 17.6 Å². The molecule has 0 saturated heterocycles. The Hall–Kier alpha value is -1.58. The maximum Gasteiger partial charge on any atom is 0.170 e. The number of ketones is 1. The second-order valence-corrected chi connectivity index (χ2v) is 3.02. The maximum absolute atomic E-state index is 11.1. The average molecular weight is 176 g/mol. The van der Waals surface area contributed by atoms with Crippen molar-refractivity contribution in [1.29, 1.82) is 0 Å². The SMILES string of the molecule is O=Cc1cnc2c(n1)CC(=O)CC2. The number of aromatic nitrogens is 2. The van der Waals surface area contributed by atoms with Crippen molar-refractivity contribution < 1.29 is 9.59 Å². The minimum Gasteiger partial charge on any atom is -0.299 e. The standard InChI is InChI=1S/C9H8N2O2/c12-5-6-4-10-8-2-1-7(13)3-9(8)11-6/h4-5H,1-3H2. The van der Waals surface area contributed by atoms with Gasteiger partial charge in [0.25, 0.3) is 0 Å². The molecule has 0 bridgehead atoms. The van der Waals surface area contributed by atoms with Gasteiger partial charge < -0.3 is 0 Å². The van der Waals surface area contributed by atoms with Gasteiger partial charge in [-0.15, -0.1) is 0 Å². The van der Waals surface area contributed by atoms with Gasteiger partial charge in [-0.05, 0) is 6.42 Å². The Morgan fingerprint density at radius 3 is 2.92 bits per heavy atom. The number of carbonyl (C=O) groups is 2. The van der Waals surface area contributed by atoms with Crippen LogP contribution in [0.1, 0.15) is 28.3 Å². The van der Waals surface area contributed by atoms with Crippen LogP contribution in [0.15, 0.2) is 6.20 Å². The highest BCUT2D eigenvalue weighted by Gasteiger charge is 2.17. The van der Waals surface area contributed by atoms with Crippen LogP contribution >= 0.6 is 0 Å². The molecule has 1 aliphatic carbocycles. The molecule has 4 nitrogen and oxygen atoms in total. The van der Waals surface area contributed by atoms with Crippen molar-refractivity contribution in [2.75, 3.05) is 0 Å². The molecule has 0 radical (unpaired) electrons. The highest BCUT2D eigenvalue weighted by molar-refractivity contribution is 5.82. The van der Waals surface area contributed by atoms with E-state index in [4.69, 9.17) is 0 Å². The van der Waals surface area contributed by atoms with Gasteiger partial charge in [0.05, 0.1) is 24.0 Å². The molecule has 1 aromatic heterocycles. The van der Waals surface area contributed by atoms with Crippen LogP contribution in [0, 0.1) is 0 Å². The van der Waals surface area contributed by atoms with Crippen LogP contribution in [-0.4, -0.2) is 22.0 Å². The number of carbonyl (C=O) groups excluding carboxylic acids is 2. The van der Waals surface area contributed by atoms with E-state index in [0.29, 0.717) is 36.9 Å². The van der Waals surface area contributed by atoms with E-state index in [9.17, 15) is 9.59 Å². The number of aryl methyl sites for hydroxylation is 1. The van der Waals surface area contributed by atoms with Gasteiger partial charge in [0.15, 0.2) is 6.29 Å². The number of fused-ring (bicyclic) bond motifs is 1. The molecule has 13 heavy (non-hydrogen) atoms. The molecule has 0 fully saturated rings. The Bertz CT molecular complexity index is 374. The number of rotatable bonds is 1. The molecule has 0 aromatic carbocycles. The van der Waals surface area contributed by atoms with E-state index >= 15 is 0 Å². The minimum absolute atomic E-state index is 0.171. The van der Waals surface area contributed by atoms with Gasteiger partial charge >= 0.3 is 0 Å². The first-order chi connectivity index (χ1) is 6.29. The van der Waals surface area contributed by atoms with Gasteiger partial charge in [-0.25, -0.2) is 4.98 Å². The predicted octanol–water partition coefficient (Wildman–Crippen LogP) is 0.347. The summed E-state index contributed by atoms with van der Waals surface area (Å²) in [5.41, 5.74) is 1.82. The summed E-state index contributed by atoms with van der Waals surface area (Å²) in [6, 6.07) is 0. The fraction of sp³-hybridized carbons (Fsp3) is 0.333. The van der Waals surface area contributed by atoms with E-state index < -0.39 is 0 Å². The zero-order valence-corrected chi connectivity index (χ0v) is 6.99. The summed E-state index contributed by atoms with van der Waals surface area (Å²) in [6.07, 6.45) is 3.61. The average Bonchev–Trinajstić information content (AvgIpc) is 2.16. The molecule has 0 amide bonds. The van der Waals surface area contributed by atoms with Gasteiger partial charge in [0.1, 0.15) is 11.5 Å². The summed E-state index contributed by atoms with van der Waals surface area (Å²) in [6.45, 7) is 0. The lowest BCUT2D eigenvalue weighted by molar-refractivity contribution is -0.118. The zero-order valence-electron chi connectivity index (χ0n) is 6.99. The molecule has 0 unspecified atom stereocenters. The van der Waals surface area contributed by atoms with Gasteiger partial charge in [-0.2, -0.15) is 0 Å². The van der Waals surface area contributed by atoms with Crippen LogP contribution < -0.4 is 0 Å². The third-order valence-electron chi connectivity index (χ3n) is 2.08. The molecule has 0 spiro atoms. The second-order valence-electron chi connectivity index (χ2n) is 3.02. The third-order valence-corrected chi connectivity index (χ3v) is 2.08. The summed E-state index contributed by atoms with van der Waals surface area (Å²) >= 11 is 0. The van der Waals surface area contributed by atoms with Crippen LogP contribution in [0.3, 0.4) is 0 Å². The molecule has 1 aromatic rings. The predicted molar refractivity (Wildman–Crippen MR) is 44.5 cm³/mol. The van der Waals surface area contributed by atoms with Gasteiger partial charge in [0, 0.05) is 6.42 Å². The van der Waals surface area contributed by atoms with Crippen molar-refractivity contribution in [2.24, 2.45) is 0 Å². The van der Waals surface area contributed by atoms with Crippen molar-refractivity contribution in [1.82, 2.24) is 9.97 Å². The normalized spacial score (nSPS) is 15.2. The van der Waals surface area contributed by atoms with Crippen LogP contribution in [0.25, 0.3) is 0 Å². The first-order valence-corrected chi connectivity index (χ1v) is 4.11. The molecule has 1 aliphatic rings.